The van der Waals surface area contributed by atoms with Gasteiger partial charge in [-0.05, 0) is 12.7 Å². The van der Waals surface area contributed by atoms with Crippen LogP contribution in [-0.4, -0.2) is 40.9 Å². The molecule has 0 aliphatic carbocycles. The van der Waals surface area contributed by atoms with Crippen LogP contribution >= 0.6 is 0 Å². The van der Waals surface area contributed by atoms with Crippen molar-refractivity contribution < 1.29 is 24.3 Å². The molecule has 0 aromatic carbocycles. The Balaban J connectivity index is 3.68. The zero-order chi connectivity index (χ0) is 15.4. The van der Waals surface area contributed by atoms with Crippen molar-refractivity contribution in [2.45, 2.75) is 18.8 Å². The van der Waals surface area contributed by atoms with E-state index >= 15 is 0 Å². The van der Waals surface area contributed by atoms with Gasteiger partial charge in [-0.2, -0.15) is 0 Å². The normalized spacial score (nSPS) is 50.1. The van der Waals surface area contributed by atoms with Crippen molar-refractivity contribution in [3.63, 3.8) is 0 Å². The minimum Gasteiger partial charge on any atom is -0.480 e. The van der Waals surface area contributed by atoms with Gasteiger partial charge in [0, 0.05) is 14.7 Å². The molecule has 0 unspecified atom stereocenters. The van der Waals surface area contributed by atoms with E-state index in [9.17, 15) is 9.59 Å². The fraction of sp³-hybridized carbons (Fsp3) is 0.714. The van der Waals surface area contributed by atoms with Crippen LogP contribution in [0.15, 0.2) is 0 Å². The van der Waals surface area contributed by atoms with E-state index in [0.29, 0.717) is 0 Å². The Kier molecular flexibility index (Phi) is 0.981. The first kappa shape index (κ1) is 3.33. The van der Waals surface area contributed by atoms with Crippen LogP contribution < -0.4 is 5.73 Å². The highest BCUT2D eigenvalue weighted by atomic mass is 16.4. The van der Waals surface area contributed by atoms with Crippen molar-refractivity contribution in [2.75, 3.05) is 13.0 Å². The molecule has 1 amide bonds. The van der Waals surface area contributed by atoms with E-state index in [0.717, 1.165) is 0 Å². The number of carbonyl (C=O) groups excluding carboxylic acids is 1. The Labute approximate surface area is 78.6 Å². The largest absolute Gasteiger partial charge is 0.480 e. The second-order valence-electron chi connectivity index (χ2n) is 1.95. The molecule has 1 heterocycles. The summed E-state index contributed by atoms with van der Waals surface area (Å²) in [6, 6.07) is -3.45. The van der Waals surface area contributed by atoms with Crippen molar-refractivity contribution in [3.8, 4) is 0 Å². The maximum Gasteiger partial charge on any atom is 0.326 e. The van der Waals surface area contributed by atoms with E-state index in [1.54, 1.807) is 0 Å². The molecule has 1 rings (SSSR count). The van der Waals surface area contributed by atoms with Crippen LogP contribution in [0.1, 0.15) is 22.3 Å². The summed E-state index contributed by atoms with van der Waals surface area (Å²) >= 11 is 0. The molecule has 5 nitrogen and oxygen atoms in total. The molecular weight excluding hydrogens is 160 g/mol. The number of carboxylic acid groups (broad SMARTS) is 1. The molecule has 12 heavy (non-hydrogen) atoms. The number of carboxylic acids is 1. The Bertz CT molecular complexity index is 440. The van der Waals surface area contributed by atoms with E-state index in [1.165, 1.54) is 0 Å². The third kappa shape index (κ3) is 1.55. The molecule has 0 bridgehead atoms. The number of hydrogen-bond acceptors (Lipinski definition) is 3. The summed E-state index contributed by atoms with van der Waals surface area (Å²) in [5, 5.41) is 8.99. The monoisotopic (exact) mass is 179 g/mol. The fourth-order valence-corrected chi connectivity index (χ4v) is 0.682. The SMILES string of the molecule is [2H]C1([2H])N(C(=O)CN)[C@]([2H])(C(=O)O)C([2H])([2H])C1([2H])[2H]. The van der Waals surface area contributed by atoms with Crippen molar-refractivity contribution >= 4 is 11.9 Å². The smallest absolute Gasteiger partial charge is 0.326 e. The first-order valence-electron chi connectivity index (χ1n) is 6.56. The highest BCUT2D eigenvalue weighted by Gasteiger charge is 2.32. The molecule has 68 valence electrons. The number of likely N-dealkylation sites (tertiary alicyclic amines) is 1. The molecular formula is C7H12N2O3. The van der Waals surface area contributed by atoms with Crippen LogP contribution in [0.25, 0.3) is 0 Å². The van der Waals surface area contributed by atoms with Gasteiger partial charge < -0.3 is 15.7 Å². The summed E-state index contributed by atoms with van der Waals surface area (Å²) in [6.07, 6.45) is -6.87. The molecule has 0 saturated carbocycles. The van der Waals surface area contributed by atoms with Gasteiger partial charge in [0.1, 0.15) is 6.02 Å². The van der Waals surface area contributed by atoms with Gasteiger partial charge >= 0.3 is 5.97 Å². The van der Waals surface area contributed by atoms with Gasteiger partial charge in [-0.3, -0.25) is 4.79 Å². The predicted molar refractivity (Wildman–Crippen MR) is 41.4 cm³/mol. The van der Waals surface area contributed by atoms with Crippen molar-refractivity contribution in [3.05, 3.63) is 0 Å². The number of amides is 1. The summed E-state index contributed by atoms with van der Waals surface area (Å²) in [5.41, 5.74) is 4.99. The number of nitrogens with zero attached hydrogens (tertiary/aromatic N) is 1. The Morgan fingerprint density at radius 1 is 1.83 bits per heavy atom. The van der Waals surface area contributed by atoms with Gasteiger partial charge in [-0.25, -0.2) is 4.79 Å². The molecule has 0 aromatic heterocycles. The maximum absolute atomic E-state index is 11.6. The lowest BCUT2D eigenvalue weighted by molar-refractivity contribution is -0.147. The molecule has 0 aromatic rings. The third-order valence-electron chi connectivity index (χ3n) is 1.20. The first-order valence-corrected chi connectivity index (χ1v) is 3.06. The van der Waals surface area contributed by atoms with Crippen LogP contribution in [-0.2, 0) is 9.59 Å². The van der Waals surface area contributed by atoms with Gasteiger partial charge in [0.2, 0.25) is 5.91 Å². The lowest BCUT2D eigenvalue weighted by atomic mass is 10.2. The Morgan fingerprint density at radius 2 is 2.50 bits per heavy atom. The van der Waals surface area contributed by atoms with Gasteiger partial charge in [-0.1, -0.05) is 0 Å². The maximum atomic E-state index is 11.6. The second-order valence-corrected chi connectivity index (χ2v) is 1.95. The highest BCUT2D eigenvalue weighted by Crippen LogP contribution is 2.16. The predicted octanol–water partition coefficient (Wildman–Crippen LogP) is -0.979. The number of hydrogen-bond donors (Lipinski definition) is 2. The van der Waals surface area contributed by atoms with Crippen molar-refractivity contribution in [2.24, 2.45) is 5.73 Å². The van der Waals surface area contributed by atoms with E-state index in [4.69, 9.17) is 20.4 Å². The molecule has 1 atom stereocenters. The van der Waals surface area contributed by atoms with E-state index in [1.807, 2.05) is 0 Å². The molecule has 1 saturated heterocycles. The highest BCUT2D eigenvalue weighted by molar-refractivity contribution is 5.85. The fourth-order valence-electron chi connectivity index (χ4n) is 0.682. The molecule has 1 aliphatic heterocycles. The number of carbonyl (C=O) groups is 2. The van der Waals surface area contributed by atoms with Crippen molar-refractivity contribution in [1.82, 2.24) is 4.90 Å². The lowest BCUT2D eigenvalue weighted by Gasteiger charge is -2.20. The lowest BCUT2D eigenvalue weighted by Crippen LogP contribution is -2.43. The molecule has 3 N–H and O–H groups in total. The molecule has 0 radical (unpaired) electrons. The summed E-state index contributed by atoms with van der Waals surface area (Å²) in [7, 11) is 0. The van der Waals surface area contributed by atoms with Gasteiger partial charge in [-0.15, -0.1) is 0 Å². The standard InChI is InChI=1S/C7H12N2O3/c8-4-6(10)9-3-1-2-5(9)7(11)12/h5H,1-4,8H2,(H,11,12)/t5-/m0/s1/i1D2,2D2,3D2,5D. The topological polar surface area (TPSA) is 83.6 Å². The van der Waals surface area contributed by atoms with E-state index in [2.05, 4.69) is 0 Å². The first-order chi connectivity index (χ1) is 8.30. The van der Waals surface area contributed by atoms with Crippen LogP contribution in [0.3, 0.4) is 0 Å². The van der Waals surface area contributed by atoms with Crippen LogP contribution in [0.4, 0.5) is 0 Å². The van der Waals surface area contributed by atoms with Crippen LogP contribution in [0, 0.1) is 0 Å². The summed E-state index contributed by atoms with van der Waals surface area (Å²) in [6.45, 7) is -4.20. The number of nitrogens with two attached hydrogens (primary N) is 1. The van der Waals surface area contributed by atoms with Gasteiger partial charge in [0.15, 0.2) is 0 Å². The van der Waals surface area contributed by atoms with E-state index in [-0.39, 0.29) is 4.90 Å². The molecule has 0 spiro atoms. The zero-order valence-corrected chi connectivity index (χ0v) is 6.00. The number of rotatable bonds is 2. The molecule has 1 fully saturated rings. The Morgan fingerprint density at radius 3 is 3.00 bits per heavy atom. The third-order valence-corrected chi connectivity index (χ3v) is 1.20. The molecule has 1 aliphatic rings. The van der Waals surface area contributed by atoms with Crippen LogP contribution in [0.5, 0.6) is 0 Å². The average Bonchev–Trinajstić information content (AvgIpc) is 2.34. The number of aliphatic carboxylic acids is 1. The molecule has 5 heteroatoms. The average molecular weight is 179 g/mol. The minimum absolute atomic E-state index is 0.275. The van der Waals surface area contributed by atoms with Gasteiger partial charge in [0.05, 0.1) is 7.92 Å². The quantitative estimate of drug-likeness (QED) is 0.570. The Hall–Kier alpha value is -1.10. The second kappa shape index (κ2) is 3.53. The summed E-state index contributed by atoms with van der Waals surface area (Å²) in [4.78, 5) is 22.4. The van der Waals surface area contributed by atoms with Gasteiger partial charge in [0.25, 0.3) is 0 Å². The summed E-state index contributed by atoms with van der Waals surface area (Å²) in [5.74, 6) is -3.54. The van der Waals surface area contributed by atoms with E-state index < -0.39 is 43.7 Å². The zero-order valence-electron chi connectivity index (χ0n) is 13.0. The van der Waals surface area contributed by atoms with Crippen molar-refractivity contribution in [1.29, 1.82) is 0 Å². The minimum atomic E-state index is -3.47. The summed E-state index contributed by atoms with van der Waals surface area (Å²) < 4.78 is 52.5. The van der Waals surface area contributed by atoms with Crippen LogP contribution in [0.2, 0.25) is 0 Å².